The van der Waals surface area contributed by atoms with E-state index in [2.05, 4.69) is 0 Å². The number of carbonyl (C=O) groups excluding carboxylic acids is 1. The van der Waals surface area contributed by atoms with E-state index >= 15 is 0 Å². The van der Waals surface area contributed by atoms with Gasteiger partial charge in [0, 0.05) is 11.6 Å². The van der Waals surface area contributed by atoms with Gasteiger partial charge in [0.2, 0.25) is 0 Å². The SMILES string of the molecule is COc1cc(OC)c2c(c1)[C@H](CO)OC2=O. The number of aliphatic hydroxyl groups is 1. The number of cyclic esters (lactones) is 1. The summed E-state index contributed by atoms with van der Waals surface area (Å²) in [7, 11) is 2.99. The number of carbonyl (C=O) groups is 1. The van der Waals surface area contributed by atoms with Gasteiger partial charge in [-0.25, -0.2) is 4.79 Å². The highest BCUT2D eigenvalue weighted by atomic mass is 16.6. The first kappa shape index (κ1) is 10.8. The van der Waals surface area contributed by atoms with Gasteiger partial charge in [-0.2, -0.15) is 0 Å². The van der Waals surface area contributed by atoms with Gasteiger partial charge in [0.15, 0.2) is 6.10 Å². The van der Waals surface area contributed by atoms with Crippen molar-refractivity contribution in [3.8, 4) is 11.5 Å². The molecule has 1 atom stereocenters. The van der Waals surface area contributed by atoms with Crippen molar-refractivity contribution in [2.75, 3.05) is 20.8 Å². The van der Waals surface area contributed by atoms with Crippen molar-refractivity contribution >= 4 is 5.97 Å². The normalized spacial score (nSPS) is 17.9. The largest absolute Gasteiger partial charge is 0.497 e. The van der Waals surface area contributed by atoms with Gasteiger partial charge in [-0.1, -0.05) is 0 Å². The average molecular weight is 224 g/mol. The molecule has 0 unspecified atom stereocenters. The number of methoxy groups -OCH3 is 2. The van der Waals surface area contributed by atoms with Crippen molar-refractivity contribution in [3.63, 3.8) is 0 Å². The third kappa shape index (κ3) is 1.49. The lowest BCUT2D eigenvalue weighted by atomic mass is 10.0. The first-order valence-electron chi connectivity index (χ1n) is 4.79. The maximum atomic E-state index is 11.6. The molecule has 0 spiro atoms. The van der Waals surface area contributed by atoms with Crippen molar-refractivity contribution in [3.05, 3.63) is 23.3 Å². The second kappa shape index (κ2) is 4.02. The molecule has 86 valence electrons. The average Bonchev–Trinajstić information content (AvgIpc) is 2.65. The quantitative estimate of drug-likeness (QED) is 0.773. The minimum Gasteiger partial charge on any atom is -0.497 e. The second-order valence-corrected chi connectivity index (χ2v) is 3.37. The summed E-state index contributed by atoms with van der Waals surface area (Å²) in [5, 5.41) is 9.10. The molecule has 0 saturated heterocycles. The van der Waals surface area contributed by atoms with E-state index in [1.807, 2.05) is 0 Å². The molecule has 1 aromatic rings. The summed E-state index contributed by atoms with van der Waals surface area (Å²) < 4.78 is 15.2. The number of benzene rings is 1. The Morgan fingerprint density at radius 3 is 2.69 bits per heavy atom. The zero-order valence-electron chi connectivity index (χ0n) is 9.02. The predicted octanol–water partition coefficient (Wildman–Crippen LogP) is 0.908. The van der Waals surface area contributed by atoms with E-state index in [1.54, 1.807) is 12.1 Å². The highest BCUT2D eigenvalue weighted by molar-refractivity contribution is 5.97. The Morgan fingerprint density at radius 2 is 2.12 bits per heavy atom. The van der Waals surface area contributed by atoms with E-state index in [0.717, 1.165) is 0 Å². The molecule has 5 heteroatoms. The van der Waals surface area contributed by atoms with Crippen molar-refractivity contribution in [1.82, 2.24) is 0 Å². The maximum absolute atomic E-state index is 11.6. The monoisotopic (exact) mass is 224 g/mol. The van der Waals surface area contributed by atoms with Crippen LogP contribution in [0.3, 0.4) is 0 Å². The Bertz CT molecular complexity index is 427. The van der Waals surface area contributed by atoms with Crippen LogP contribution in [0.4, 0.5) is 0 Å². The van der Waals surface area contributed by atoms with Crippen LogP contribution < -0.4 is 9.47 Å². The van der Waals surface area contributed by atoms with E-state index in [0.29, 0.717) is 22.6 Å². The fraction of sp³-hybridized carbons (Fsp3) is 0.364. The molecule has 0 saturated carbocycles. The summed E-state index contributed by atoms with van der Waals surface area (Å²) >= 11 is 0. The van der Waals surface area contributed by atoms with Gasteiger partial charge in [-0.05, 0) is 6.07 Å². The fourth-order valence-corrected chi connectivity index (χ4v) is 1.75. The van der Waals surface area contributed by atoms with E-state index in [1.165, 1.54) is 14.2 Å². The number of rotatable bonds is 3. The van der Waals surface area contributed by atoms with E-state index in [-0.39, 0.29) is 6.61 Å². The highest BCUT2D eigenvalue weighted by Gasteiger charge is 2.34. The third-order valence-corrected chi connectivity index (χ3v) is 2.53. The summed E-state index contributed by atoms with van der Waals surface area (Å²) in [6.07, 6.45) is -0.633. The lowest BCUT2D eigenvalue weighted by Crippen LogP contribution is -2.02. The molecule has 0 aromatic heterocycles. The third-order valence-electron chi connectivity index (χ3n) is 2.53. The van der Waals surface area contributed by atoms with Gasteiger partial charge in [0.1, 0.15) is 17.1 Å². The van der Waals surface area contributed by atoms with Crippen molar-refractivity contribution in [2.24, 2.45) is 0 Å². The molecule has 1 aliphatic rings. The van der Waals surface area contributed by atoms with Crippen LogP contribution in [0.25, 0.3) is 0 Å². The smallest absolute Gasteiger partial charge is 0.343 e. The molecule has 16 heavy (non-hydrogen) atoms. The van der Waals surface area contributed by atoms with Crippen LogP contribution >= 0.6 is 0 Å². The molecule has 1 aliphatic heterocycles. The second-order valence-electron chi connectivity index (χ2n) is 3.37. The molecule has 0 bridgehead atoms. The number of ether oxygens (including phenoxy) is 3. The van der Waals surface area contributed by atoms with Crippen LogP contribution in [0.15, 0.2) is 12.1 Å². The zero-order chi connectivity index (χ0) is 11.7. The maximum Gasteiger partial charge on any atom is 0.343 e. The summed E-state index contributed by atoms with van der Waals surface area (Å²) in [4.78, 5) is 11.6. The van der Waals surface area contributed by atoms with Crippen molar-refractivity contribution < 1.29 is 24.1 Å². The lowest BCUT2D eigenvalue weighted by Gasteiger charge is -2.09. The molecular formula is C11H12O5. The lowest BCUT2D eigenvalue weighted by molar-refractivity contribution is 0.0234. The minimum absolute atomic E-state index is 0.255. The summed E-state index contributed by atoms with van der Waals surface area (Å²) in [5.41, 5.74) is 0.964. The van der Waals surface area contributed by atoms with Gasteiger partial charge < -0.3 is 19.3 Å². The minimum atomic E-state index is -0.633. The molecule has 1 aromatic carbocycles. The molecule has 0 aliphatic carbocycles. The van der Waals surface area contributed by atoms with Crippen LogP contribution in [0, 0.1) is 0 Å². The first-order valence-corrected chi connectivity index (χ1v) is 4.79. The van der Waals surface area contributed by atoms with Crippen LogP contribution in [0.5, 0.6) is 11.5 Å². The number of aliphatic hydroxyl groups excluding tert-OH is 1. The van der Waals surface area contributed by atoms with Crippen LogP contribution in [0.1, 0.15) is 22.0 Å². The van der Waals surface area contributed by atoms with Gasteiger partial charge in [-0.3, -0.25) is 0 Å². The van der Waals surface area contributed by atoms with Crippen molar-refractivity contribution in [2.45, 2.75) is 6.10 Å². The standard InChI is InChI=1S/C11H12O5/c1-14-6-3-7-9(5-12)16-11(13)10(7)8(4-6)15-2/h3-4,9,12H,5H2,1-2H3/t9-/m0/s1. The highest BCUT2D eigenvalue weighted by Crippen LogP contribution is 2.39. The Balaban J connectivity index is 2.59. The summed E-state index contributed by atoms with van der Waals surface area (Å²) in [6.45, 7) is -0.255. The Labute approximate surface area is 92.5 Å². The number of hydrogen-bond acceptors (Lipinski definition) is 5. The number of fused-ring (bicyclic) bond motifs is 1. The van der Waals surface area contributed by atoms with Gasteiger partial charge in [0.05, 0.1) is 20.8 Å². The predicted molar refractivity (Wildman–Crippen MR) is 54.8 cm³/mol. The molecule has 0 fully saturated rings. The summed E-state index contributed by atoms with van der Waals surface area (Å²) in [6, 6.07) is 3.28. The fourth-order valence-electron chi connectivity index (χ4n) is 1.75. The van der Waals surface area contributed by atoms with Gasteiger partial charge in [0.25, 0.3) is 0 Å². The molecule has 5 nitrogen and oxygen atoms in total. The number of esters is 1. The van der Waals surface area contributed by atoms with Crippen molar-refractivity contribution in [1.29, 1.82) is 0 Å². The van der Waals surface area contributed by atoms with Crippen LogP contribution in [-0.2, 0) is 4.74 Å². The summed E-state index contributed by atoms with van der Waals surface area (Å²) in [5.74, 6) is 0.483. The molecule has 1 heterocycles. The number of hydrogen-bond donors (Lipinski definition) is 1. The molecule has 2 rings (SSSR count). The van der Waals surface area contributed by atoms with E-state index < -0.39 is 12.1 Å². The Morgan fingerprint density at radius 1 is 1.38 bits per heavy atom. The molecule has 0 radical (unpaired) electrons. The van der Waals surface area contributed by atoms with Crippen LogP contribution in [0.2, 0.25) is 0 Å². The Hall–Kier alpha value is -1.75. The van der Waals surface area contributed by atoms with Gasteiger partial charge >= 0.3 is 5.97 Å². The van der Waals surface area contributed by atoms with Crippen LogP contribution in [-0.4, -0.2) is 31.9 Å². The zero-order valence-corrected chi connectivity index (χ0v) is 9.02. The molecular weight excluding hydrogens is 212 g/mol. The molecule has 0 amide bonds. The topological polar surface area (TPSA) is 65.0 Å². The van der Waals surface area contributed by atoms with E-state index in [4.69, 9.17) is 19.3 Å². The Kier molecular flexibility index (Phi) is 2.70. The van der Waals surface area contributed by atoms with E-state index in [9.17, 15) is 4.79 Å². The first-order chi connectivity index (χ1) is 7.71. The van der Waals surface area contributed by atoms with Gasteiger partial charge in [-0.15, -0.1) is 0 Å². The molecule has 1 N–H and O–H groups in total.